The molecule has 0 saturated heterocycles. The molecule has 0 amide bonds. The molecule has 0 unspecified atom stereocenters. The second-order valence-corrected chi connectivity index (χ2v) is 6.96. The fourth-order valence-corrected chi connectivity index (χ4v) is 3.80. The van der Waals surface area contributed by atoms with E-state index in [-0.39, 0.29) is 0 Å². The van der Waals surface area contributed by atoms with E-state index in [9.17, 15) is 4.79 Å². The molecule has 9 heteroatoms. The number of hydrogen-bond acceptors (Lipinski definition) is 8. The van der Waals surface area contributed by atoms with Gasteiger partial charge in [-0.05, 0) is 47.2 Å². The molecule has 0 radical (unpaired) electrons. The molecule has 0 saturated carbocycles. The summed E-state index contributed by atoms with van der Waals surface area (Å²) >= 11 is 1.42. The van der Waals surface area contributed by atoms with E-state index in [4.69, 9.17) is 13.9 Å². The topological polar surface area (TPSA) is 92.3 Å². The Morgan fingerprint density at radius 3 is 2.86 bits per heavy atom. The number of para-hydroxylation sites is 2. The summed E-state index contributed by atoms with van der Waals surface area (Å²) in [6, 6.07) is 14.5. The summed E-state index contributed by atoms with van der Waals surface area (Å²) in [5, 5.41) is 13.5. The third kappa shape index (κ3) is 3.95. The molecule has 0 fully saturated rings. The third-order valence-electron chi connectivity index (χ3n) is 4.23. The molecule has 29 heavy (non-hydrogen) atoms. The molecule has 0 N–H and O–H groups in total. The van der Waals surface area contributed by atoms with Crippen molar-refractivity contribution < 1.29 is 13.9 Å². The van der Waals surface area contributed by atoms with E-state index in [1.165, 1.54) is 17.8 Å². The molecule has 2 heterocycles. The summed E-state index contributed by atoms with van der Waals surface area (Å²) in [4.78, 5) is 12.0. The highest BCUT2D eigenvalue weighted by Crippen LogP contribution is 2.30. The number of hydrogen-bond donors (Lipinski definition) is 0. The van der Waals surface area contributed by atoms with Crippen LogP contribution >= 0.6 is 11.8 Å². The zero-order valence-electron chi connectivity index (χ0n) is 15.9. The van der Waals surface area contributed by atoms with E-state index in [1.54, 1.807) is 17.9 Å². The lowest BCUT2D eigenvalue weighted by atomic mass is 10.1. The first kappa shape index (κ1) is 19.0. The first-order chi connectivity index (χ1) is 14.2. The monoisotopic (exact) mass is 410 g/mol. The summed E-state index contributed by atoms with van der Waals surface area (Å²) in [7, 11) is 1.57. The van der Waals surface area contributed by atoms with Crippen molar-refractivity contribution in [3.05, 3.63) is 64.5 Å². The number of ether oxygens (including phenoxy) is 2. The first-order valence-electron chi connectivity index (χ1n) is 8.93. The van der Waals surface area contributed by atoms with Crippen molar-refractivity contribution >= 4 is 22.7 Å². The maximum Gasteiger partial charge on any atom is 0.336 e. The molecule has 8 nitrogen and oxygen atoms in total. The first-order valence-corrected chi connectivity index (χ1v) is 9.92. The Labute approximate surface area is 170 Å². The van der Waals surface area contributed by atoms with E-state index in [0.29, 0.717) is 34.6 Å². The Morgan fingerprint density at radius 1 is 1.17 bits per heavy atom. The summed E-state index contributed by atoms with van der Waals surface area (Å²) in [5.41, 5.74) is 1.65. The lowest BCUT2D eigenvalue weighted by Crippen LogP contribution is -2.04. The van der Waals surface area contributed by atoms with Crippen LogP contribution in [0, 0.1) is 0 Å². The second kappa shape index (κ2) is 8.36. The van der Waals surface area contributed by atoms with E-state index in [0.717, 1.165) is 16.6 Å². The molecule has 0 aliphatic carbocycles. The molecule has 2 aromatic heterocycles. The standard InChI is InChI=1S/C20H18N4O4S/c1-3-27-17-7-5-4-6-16(17)24-20(21-22-23-24)29-12-13-10-19(25)28-18-11-14(26-2)8-9-15(13)18/h4-11H,3,12H2,1-2H3. The van der Waals surface area contributed by atoms with Crippen molar-refractivity contribution in [3.8, 4) is 17.2 Å². The molecular weight excluding hydrogens is 392 g/mol. The quantitative estimate of drug-likeness (QED) is 0.338. The molecule has 148 valence electrons. The Balaban J connectivity index is 1.65. The maximum atomic E-state index is 12.0. The predicted octanol–water partition coefficient (Wildman–Crippen LogP) is 3.47. The average Bonchev–Trinajstić information content (AvgIpc) is 3.20. The molecule has 0 atom stereocenters. The average molecular weight is 410 g/mol. The minimum absolute atomic E-state index is 0.414. The normalized spacial score (nSPS) is 11.0. The minimum atomic E-state index is -0.414. The molecule has 0 spiro atoms. The summed E-state index contributed by atoms with van der Waals surface area (Å²) in [6.07, 6.45) is 0. The highest BCUT2D eigenvalue weighted by molar-refractivity contribution is 7.98. The van der Waals surface area contributed by atoms with Crippen LogP contribution in [0.3, 0.4) is 0 Å². The number of nitrogens with zero attached hydrogens (tertiary/aromatic N) is 4. The molecule has 0 aliphatic heterocycles. The Hall–Kier alpha value is -3.33. The van der Waals surface area contributed by atoms with Crippen LogP contribution in [0.2, 0.25) is 0 Å². The molecule has 4 rings (SSSR count). The fourth-order valence-electron chi connectivity index (χ4n) is 2.93. The van der Waals surface area contributed by atoms with Crippen LogP contribution < -0.4 is 15.1 Å². The summed E-state index contributed by atoms with van der Waals surface area (Å²) < 4.78 is 17.8. The van der Waals surface area contributed by atoms with Gasteiger partial charge in [0.25, 0.3) is 0 Å². The van der Waals surface area contributed by atoms with Crippen LogP contribution in [0.5, 0.6) is 11.5 Å². The lowest BCUT2D eigenvalue weighted by molar-refractivity contribution is 0.337. The Bertz CT molecular complexity index is 1200. The fraction of sp³-hybridized carbons (Fsp3) is 0.200. The van der Waals surface area contributed by atoms with Gasteiger partial charge < -0.3 is 13.9 Å². The van der Waals surface area contributed by atoms with Gasteiger partial charge in [0, 0.05) is 23.3 Å². The number of fused-ring (bicyclic) bond motifs is 1. The van der Waals surface area contributed by atoms with Crippen LogP contribution in [0.15, 0.2) is 62.9 Å². The largest absolute Gasteiger partial charge is 0.497 e. The maximum absolute atomic E-state index is 12.0. The van der Waals surface area contributed by atoms with Crippen molar-refractivity contribution in [1.82, 2.24) is 20.2 Å². The van der Waals surface area contributed by atoms with Gasteiger partial charge in [-0.1, -0.05) is 23.9 Å². The van der Waals surface area contributed by atoms with E-state index in [1.807, 2.05) is 43.3 Å². The van der Waals surface area contributed by atoms with Gasteiger partial charge >= 0.3 is 5.63 Å². The van der Waals surface area contributed by atoms with Crippen LogP contribution in [-0.4, -0.2) is 33.9 Å². The number of thioether (sulfide) groups is 1. The number of tetrazole rings is 1. The highest BCUT2D eigenvalue weighted by atomic mass is 32.2. The van der Waals surface area contributed by atoms with Crippen molar-refractivity contribution in [2.24, 2.45) is 0 Å². The van der Waals surface area contributed by atoms with Gasteiger partial charge in [-0.3, -0.25) is 0 Å². The zero-order valence-corrected chi connectivity index (χ0v) is 16.7. The molecular formula is C20H18N4O4S. The number of aromatic nitrogens is 4. The van der Waals surface area contributed by atoms with E-state index < -0.39 is 5.63 Å². The van der Waals surface area contributed by atoms with Crippen molar-refractivity contribution in [2.45, 2.75) is 17.8 Å². The van der Waals surface area contributed by atoms with Crippen LogP contribution in [-0.2, 0) is 5.75 Å². The SMILES string of the molecule is CCOc1ccccc1-n1nnnc1SCc1cc(=O)oc2cc(OC)ccc12. The highest BCUT2D eigenvalue weighted by Gasteiger charge is 2.15. The van der Waals surface area contributed by atoms with Crippen molar-refractivity contribution in [3.63, 3.8) is 0 Å². The van der Waals surface area contributed by atoms with Gasteiger partial charge in [0.05, 0.1) is 13.7 Å². The minimum Gasteiger partial charge on any atom is -0.497 e. The van der Waals surface area contributed by atoms with Crippen molar-refractivity contribution in [1.29, 1.82) is 0 Å². The zero-order chi connectivity index (χ0) is 20.2. The third-order valence-corrected chi connectivity index (χ3v) is 5.20. The smallest absolute Gasteiger partial charge is 0.336 e. The summed E-state index contributed by atoms with van der Waals surface area (Å²) in [5.74, 6) is 1.81. The predicted molar refractivity (Wildman–Crippen MR) is 109 cm³/mol. The molecule has 2 aromatic carbocycles. The number of methoxy groups -OCH3 is 1. The lowest BCUT2D eigenvalue weighted by Gasteiger charge is -2.11. The number of benzene rings is 2. The van der Waals surface area contributed by atoms with Crippen LogP contribution in [0.25, 0.3) is 16.7 Å². The van der Waals surface area contributed by atoms with Crippen LogP contribution in [0.1, 0.15) is 12.5 Å². The van der Waals surface area contributed by atoms with Gasteiger partial charge in [-0.25, -0.2) is 4.79 Å². The van der Waals surface area contributed by atoms with Gasteiger partial charge in [0.15, 0.2) is 0 Å². The molecule has 4 aromatic rings. The van der Waals surface area contributed by atoms with Gasteiger partial charge in [0.1, 0.15) is 22.8 Å². The molecule has 0 bridgehead atoms. The number of rotatable bonds is 7. The Kier molecular flexibility index (Phi) is 5.48. The van der Waals surface area contributed by atoms with Gasteiger partial charge in [-0.15, -0.1) is 5.10 Å². The summed E-state index contributed by atoms with van der Waals surface area (Å²) in [6.45, 7) is 2.46. The van der Waals surface area contributed by atoms with E-state index >= 15 is 0 Å². The second-order valence-electron chi connectivity index (χ2n) is 6.02. The van der Waals surface area contributed by atoms with E-state index in [2.05, 4.69) is 15.5 Å². The molecule has 0 aliphatic rings. The van der Waals surface area contributed by atoms with Gasteiger partial charge in [-0.2, -0.15) is 4.68 Å². The van der Waals surface area contributed by atoms with Crippen LogP contribution in [0.4, 0.5) is 0 Å². The Morgan fingerprint density at radius 2 is 2.03 bits per heavy atom. The van der Waals surface area contributed by atoms with Gasteiger partial charge in [0.2, 0.25) is 5.16 Å². The van der Waals surface area contributed by atoms with Crippen molar-refractivity contribution in [2.75, 3.05) is 13.7 Å².